The minimum absolute atomic E-state index is 0.144. The molecule has 0 spiro atoms. The average Bonchev–Trinajstić information content (AvgIpc) is 3.21. The van der Waals surface area contributed by atoms with Crippen molar-refractivity contribution in [2.45, 2.75) is 51.3 Å². The van der Waals surface area contributed by atoms with Crippen molar-refractivity contribution in [1.29, 1.82) is 0 Å². The van der Waals surface area contributed by atoms with Crippen LogP contribution in [0.3, 0.4) is 0 Å². The zero-order chi connectivity index (χ0) is 13.7. The van der Waals surface area contributed by atoms with Crippen LogP contribution in [-0.2, 0) is 11.3 Å². The van der Waals surface area contributed by atoms with Gasteiger partial charge in [0.25, 0.3) is 0 Å². The van der Waals surface area contributed by atoms with Crippen molar-refractivity contribution >= 4 is 0 Å². The SMILES string of the molecule is COC(C)(C)CCOc1cnccc1CNC1CC1. The van der Waals surface area contributed by atoms with Gasteiger partial charge in [0.05, 0.1) is 18.4 Å². The molecule has 1 aromatic rings. The largest absolute Gasteiger partial charge is 0.492 e. The summed E-state index contributed by atoms with van der Waals surface area (Å²) in [5, 5.41) is 3.50. The number of ether oxygens (including phenoxy) is 2. The molecule has 1 saturated carbocycles. The Morgan fingerprint density at radius 2 is 2.21 bits per heavy atom. The smallest absolute Gasteiger partial charge is 0.142 e. The fourth-order valence-electron chi connectivity index (χ4n) is 1.74. The summed E-state index contributed by atoms with van der Waals surface area (Å²) in [4.78, 5) is 4.14. The van der Waals surface area contributed by atoms with Crippen molar-refractivity contribution < 1.29 is 9.47 Å². The van der Waals surface area contributed by atoms with E-state index >= 15 is 0 Å². The van der Waals surface area contributed by atoms with Crippen LogP contribution in [0.25, 0.3) is 0 Å². The molecule has 2 rings (SSSR count). The summed E-state index contributed by atoms with van der Waals surface area (Å²) >= 11 is 0. The van der Waals surface area contributed by atoms with Gasteiger partial charge >= 0.3 is 0 Å². The predicted molar refractivity (Wildman–Crippen MR) is 75.3 cm³/mol. The number of aromatic nitrogens is 1. The molecule has 4 nitrogen and oxygen atoms in total. The van der Waals surface area contributed by atoms with E-state index in [-0.39, 0.29) is 5.60 Å². The van der Waals surface area contributed by atoms with E-state index in [9.17, 15) is 0 Å². The van der Waals surface area contributed by atoms with Gasteiger partial charge in [-0.05, 0) is 32.8 Å². The lowest BCUT2D eigenvalue weighted by Crippen LogP contribution is -2.25. The fraction of sp³-hybridized carbons (Fsp3) is 0.667. The van der Waals surface area contributed by atoms with Gasteiger partial charge in [-0.15, -0.1) is 0 Å². The number of methoxy groups -OCH3 is 1. The molecule has 4 heteroatoms. The lowest BCUT2D eigenvalue weighted by atomic mass is 10.1. The standard InChI is InChI=1S/C15H24N2O2/c1-15(2,18-3)7-9-19-14-11-16-8-6-12(14)10-17-13-4-5-13/h6,8,11,13,17H,4-5,7,9-10H2,1-3H3. The molecule has 106 valence electrons. The van der Waals surface area contributed by atoms with E-state index in [1.165, 1.54) is 18.4 Å². The number of rotatable bonds is 8. The summed E-state index contributed by atoms with van der Waals surface area (Å²) in [6, 6.07) is 2.72. The Balaban J connectivity index is 1.84. The number of nitrogens with zero attached hydrogens (tertiary/aromatic N) is 1. The topological polar surface area (TPSA) is 43.4 Å². The Morgan fingerprint density at radius 3 is 2.89 bits per heavy atom. The molecular formula is C15H24N2O2. The molecule has 0 saturated heterocycles. The van der Waals surface area contributed by atoms with Crippen molar-refractivity contribution in [3.63, 3.8) is 0 Å². The van der Waals surface area contributed by atoms with Gasteiger partial charge in [-0.2, -0.15) is 0 Å². The third-order valence-electron chi connectivity index (χ3n) is 3.54. The van der Waals surface area contributed by atoms with E-state index < -0.39 is 0 Å². The third kappa shape index (κ3) is 4.80. The molecule has 1 aromatic heterocycles. The molecule has 1 aliphatic carbocycles. The fourth-order valence-corrected chi connectivity index (χ4v) is 1.74. The Labute approximate surface area is 115 Å². The van der Waals surface area contributed by atoms with Gasteiger partial charge in [-0.3, -0.25) is 4.98 Å². The lowest BCUT2D eigenvalue weighted by molar-refractivity contribution is 0.00534. The molecule has 0 radical (unpaired) electrons. The quantitative estimate of drug-likeness (QED) is 0.783. The van der Waals surface area contributed by atoms with Crippen LogP contribution in [-0.4, -0.2) is 30.3 Å². The first-order valence-electron chi connectivity index (χ1n) is 6.95. The lowest BCUT2D eigenvalue weighted by Gasteiger charge is -2.23. The predicted octanol–water partition coefficient (Wildman–Crippen LogP) is 2.53. The first-order chi connectivity index (χ1) is 9.11. The summed E-state index contributed by atoms with van der Waals surface area (Å²) in [6.07, 6.45) is 7.06. The molecule has 1 N–H and O–H groups in total. The van der Waals surface area contributed by atoms with E-state index in [2.05, 4.69) is 24.1 Å². The second-order valence-corrected chi connectivity index (χ2v) is 5.70. The van der Waals surface area contributed by atoms with E-state index in [0.717, 1.165) is 18.7 Å². The Bertz CT molecular complexity index is 403. The van der Waals surface area contributed by atoms with Crippen LogP contribution in [0, 0.1) is 0 Å². The maximum absolute atomic E-state index is 5.85. The van der Waals surface area contributed by atoms with Crippen molar-refractivity contribution in [3.05, 3.63) is 24.0 Å². The highest BCUT2D eigenvalue weighted by molar-refractivity contribution is 5.29. The molecule has 0 aromatic carbocycles. The number of hydrogen-bond donors (Lipinski definition) is 1. The molecular weight excluding hydrogens is 240 g/mol. The molecule has 1 aliphatic rings. The zero-order valence-electron chi connectivity index (χ0n) is 12.1. The second kappa shape index (κ2) is 6.35. The Hall–Kier alpha value is -1.13. The third-order valence-corrected chi connectivity index (χ3v) is 3.54. The maximum Gasteiger partial charge on any atom is 0.142 e. The van der Waals surface area contributed by atoms with E-state index in [1.54, 1.807) is 13.3 Å². The van der Waals surface area contributed by atoms with Crippen molar-refractivity contribution in [2.24, 2.45) is 0 Å². The van der Waals surface area contributed by atoms with Crippen LogP contribution < -0.4 is 10.1 Å². The van der Waals surface area contributed by atoms with E-state index in [0.29, 0.717) is 12.6 Å². The number of pyridine rings is 1. The minimum atomic E-state index is -0.144. The first kappa shape index (κ1) is 14.3. The van der Waals surface area contributed by atoms with Crippen LogP contribution in [0.2, 0.25) is 0 Å². The average molecular weight is 264 g/mol. The van der Waals surface area contributed by atoms with Gasteiger partial charge in [-0.25, -0.2) is 0 Å². The van der Waals surface area contributed by atoms with E-state index in [1.807, 2.05) is 12.3 Å². The molecule has 0 aliphatic heterocycles. The van der Waals surface area contributed by atoms with Gasteiger partial charge in [0.15, 0.2) is 0 Å². The molecule has 0 bridgehead atoms. The summed E-state index contributed by atoms with van der Waals surface area (Å²) in [5.41, 5.74) is 1.03. The van der Waals surface area contributed by atoms with Gasteiger partial charge in [-0.1, -0.05) is 0 Å². The second-order valence-electron chi connectivity index (χ2n) is 5.70. The van der Waals surface area contributed by atoms with Crippen molar-refractivity contribution in [2.75, 3.05) is 13.7 Å². The number of nitrogens with one attached hydrogen (secondary N) is 1. The van der Waals surface area contributed by atoms with E-state index in [4.69, 9.17) is 9.47 Å². The molecule has 1 fully saturated rings. The summed E-state index contributed by atoms with van der Waals surface area (Å²) in [6.45, 7) is 5.63. The summed E-state index contributed by atoms with van der Waals surface area (Å²) in [7, 11) is 1.73. The minimum Gasteiger partial charge on any atom is -0.492 e. The Kier molecular flexibility index (Phi) is 4.77. The summed E-state index contributed by atoms with van der Waals surface area (Å²) in [5.74, 6) is 0.877. The van der Waals surface area contributed by atoms with Crippen LogP contribution in [0.1, 0.15) is 38.7 Å². The molecule has 0 atom stereocenters. The van der Waals surface area contributed by atoms with Gasteiger partial charge < -0.3 is 14.8 Å². The highest BCUT2D eigenvalue weighted by Crippen LogP contribution is 2.22. The van der Waals surface area contributed by atoms with Gasteiger partial charge in [0.2, 0.25) is 0 Å². The number of hydrogen-bond acceptors (Lipinski definition) is 4. The van der Waals surface area contributed by atoms with Crippen molar-refractivity contribution in [1.82, 2.24) is 10.3 Å². The highest BCUT2D eigenvalue weighted by atomic mass is 16.5. The normalized spacial score (nSPS) is 15.5. The van der Waals surface area contributed by atoms with Gasteiger partial charge in [0.1, 0.15) is 5.75 Å². The van der Waals surface area contributed by atoms with Crippen LogP contribution in [0.5, 0.6) is 5.75 Å². The van der Waals surface area contributed by atoms with Crippen LogP contribution in [0.4, 0.5) is 0 Å². The molecule has 0 unspecified atom stereocenters. The van der Waals surface area contributed by atoms with Gasteiger partial charge in [0, 0.05) is 37.9 Å². The van der Waals surface area contributed by atoms with Crippen molar-refractivity contribution in [3.8, 4) is 5.75 Å². The maximum atomic E-state index is 5.85. The first-order valence-corrected chi connectivity index (χ1v) is 6.95. The monoisotopic (exact) mass is 264 g/mol. The Morgan fingerprint density at radius 1 is 1.42 bits per heavy atom. The van der Waals surface area contributed by atoms with Crippen LogP contribution >= 0.6 is 0 Å². The highest BCUT2D eigenvalue weighted by Gasteiger charge is 2.21. The zero-order valence-corrected chi connectivity index (χ0v) is 12.1. The van der Waals surface area contributed by atoms with Crippen LogP contribution in [0.15, 0.2) is 18.5 Å². The molecule has 19 heavy (non-hydrogen) atoms. The molecule has 0 amide bonds. The molecule has 1 heterocycles. The summed E-state index contributed by atoms with van der Waals surface area (Å²) < 4.78 is 11.2.